The Hall–Kier alpha value is -3.24. The fraction of sp³-hybridized carbons (Fsp3) is 0.455. The Morgan fingerprint density at radius 3 is 2.72 bits per heavy atom. The topological polar surface area (TPSA) is 83.0 Å². The molecule has 4 heterocycles. The average Bonchev–Trinajstić information content (AvgIpc) is 3.34. The maximum atomic E-state index is 16.8. The van der Waals surface area contributed by atoms with Crippen LogP contribution in [0.1, 0.15) is 26.7 Å². The highest BCUT2D eigenvalue weighted by atomic mass is 35.5. The van der Waals surface area contributed by atoms with Gasteiger partial charge in [-0.3, -0.25) is 4.90 Å². The van der Waals surface area contributed by atoms with Gasteiger partial charge in [0.25, 0.3) is 0 Å². The van der Waals surface area contributed by atoms with Crippen molar-refractivity contribution in [2.24, 2.45) is 5.92 Å². The number of aromatic nitrogens is 2. The SMILES string of the molecule is C[C@@H](COc1nc(N2CC3CCC(C2)N3)c2cc(Cl)c(-c3cc(O)cc4ccccc34)c(F)c2n1)CN1CCOC[C@H]1C. The van der Waals surface area contributed by atoms with Gasteiger partial charge in [-0.25, -0.2) is 4.39 Å². The first kappa shape index (κ1) is 28.5. The van der Waals surface area contributed by atoms with Gasteiger partial charge in [-0.05, 0) is 54.3 Å². The molecule has 0 radical (unpaired) electrons. The van der Waals surface area contributed by atoms with Gasteiger partial charge in [0.1, 0.15) is 17.1 Å². The minimum absolute atomic E-state index is 0.0385. The molecule has 8 nitrogen and oxygen atoms in total. The van der Waals surface area contributed by atoms with Crippen LogP contribution < -0.4 is 15.0 Å². The number of hydrogen-bond acceptors (Lipinski definition) is 8. The molecule has 0 aliphatic carbocycles. The van der Waals surface area contributed by atoms with Crippen LogP contribution in [0.2, 0.25) is 5.02 Å². The van der Waals surface area contributed by atoms with Crippen molar-refractivity contribution in [2.75, 3.05) is 50.9 Å². The first-order valence-corrected chi connectivity index (χ1v) is 15.6. The number of piperazine rings is 1. The highest BCUT2D eigenvalue weighted by Gasteiger charge is 2.34. The summed E-state index contributed by atoms with van der Waals surface area (Å²) in [5.74, 6) is 0.333. The lowest BCUT2D eigenvalue weighted by atomic mass is 9.96. The average molecular weight is 606 g/mol. The molecule has 0 spiro atoms. The molecule has 7 rings (SSSR count). The number of nitrogens with one attached hydrogen (secondary N) is 1. The molecule has 0 amide bonds. The van der Waals surface area contributed by atoms with Gasteiger partial charge in [-0.1, -0.05) is 42.8 Å². The van der Waals surface area contributed by atoms with Gasteiger partial charge in [0.15, 0.2) is 5.82 Å². The number of benzene rings is 3. The summed E-state index contributed by atoms with van der Waals surface area (Å²) in [6.07, 6.45) is 2.21. The number of aromatic hydroxyl groups is 1. The fourth-order valence-electron chi connectivity index (χ4n) is 6.89. The minimum atomic E-state index is -0.556. The molecule has 226 valence electrons. The van der Waals surface area contributed by atoms with Gasteiger partial charge in [0.05, 0.1) is 24.8 Å². The number of fused-ring (bicyclic) bond motifs is 4. The van der Waals surface area contributed by atoms with Crippen molar-refractivity contribution in [1.82, 2.24) is 20.2 Å². The van der Waals surface area contributed by atoms with Gasteiger partial charge < -0.3 is 24.8 Å². The number of rotatable bonds is 7. The number of phenolic OH excluding ortho intramolecular Hbond substituents is 1. The van der Waals surface area contributed by atoms with Crippen molar-refractivity contribution in [2.45, 2.75) is 44.8 Å². The third-order valence-electron chi connectivity index (χ3n) is 9.02. The van der Waals surface area contributed by atoms with Crippen molar-refractivity contribution in [3.63, 3.8) is 0 Å². The largest absolute Gasteiger partial charge is 0.508 e. The number of nitrogens with zero attached hydrogens (tertiary/aromatic N) is 4. The number of anilines is 1. The van der Waals surface area contributed by atoms with Crippen LogP contribution in [0.25, 0.3) is 32.8 Å². The van der Waals surface area contributed by atoms with E-state index in [1.165, 1.54) is 0 Å². The van der Waals surface area contributed by atoms with E-state index in [1.54, 1.807) is 18.2 Å². The van der Waals surface area contributed by atoms with E-state index in [4.69, 9.17) is 26.1 Å². The Balaban J connectivity index is 1.29. The molecule has 10 heteroatoms. The predicted molar refractivity (Wildman–Crippen MR) is 168 cm³/mol. The lowest BCUT2D eigenvalue weighted by Gasteiger charge is -2.35. The van der Waals surface area contributed by atoms with Crippen LogP contribution in [0.3, 0.4) is 0 Å². The second kappa shape index (κ2) is 11.7. The second-order valence-electron chi connectivity index (χ2n) is 12.4. The molecular weight excluding hydrogens is 569 g/mol. The van der Waals surface area contributed by atoms with Gasteiger partial charge >= 0.3 is 6.01 Å². The zero-order valence-electron chi connectivity index (χ0n) is 24.5. The first-order valence-electron chi connectivity index (χ1n) is 15.2. The third kappa shape index (κ3) is 5.59. The lowest BCUT2D eigenvalue weighted by Crippen LogP contribution is -2.51. The summed E-state index contributed by atoms with van der Waals surface area (Å²) in [6, 6.07) is 13.8. The monoisotopic (exact) mass is 605 g/mol. The highest BCUT2D eigenvalue weighted by Crippen LogP contribution is 2.43. The summed E-state index contributed by atoms with van der Waals surface area (Å²) in [5, 5.41) is 16.5. The van der Waals surface area contributed by atoms with Crippen molar-refractivity contribution < 1.29 is 19.0 Å². The smallest absolute Gasteiger partial charge is 0.319 e. The van der Waals surface area contributed by atoms with Crippen LogP contribution in [0.15, 0.2) is 42.5 Å². The predicted octanol–water partition coefficient (Wildman–Crippen LogP) is 5.62. The third-order valence-corrected chi connectivity index (χ3v) is 9.32. The Kier molecular flexibility index (Phi) is 7.75. The van der Waals surface area contributed by atoms with Crippen LogP contribution >= 0.6 is 11.6 Å². The molecule has 3 aliphatic heterocycles. The van der Waals surface area contributed by atoms with Crippen LogP contribution in [0.5, 0.6) is 11.8 Å². The van der Waals surface area contributed by atoms with E-state index in [2.05, 4.69) is 33.9 Å². The first-order chi connectivity index (χ1) is 20.8. The molecule has 3 fully saturated rings. The molecule has 2 bridgehead atoms. The van der Waals surface area contributed by atoms with E-state index < -0.39 is 5.82 Å². The van der Waals surface area contributed by atoms with Crippen molar-refractivity contribution >= 4 is 39.1 Å². The zero-order chi connectivity index (χ0) is 29.7. The van der Waals surface area contributed by atoms with Crippen molar-refractivity contribution in [3.8, 4) is 22.9 Å². The Labute approximate surface area is 255 Å². The van der Waals surface area contributed by atoms with E-state index in [-0.39, 0.29) is 33.8 Å². The van der Waals surface area contributed by atoms with E-state index in [0.29, 0.717) is 41.5 Å². The highest BCUT2D eigenvalue weighted by molar-refractivity contribution is 6.35. The molecule has 43 heavy (non-hydrogen) atoms. The van der Waals surface area contributed by atoms with Crippen LogP contribution in [0, 0.1) is 11.7 Å². The molecule has 3 aliphatic rings. The molecule has 4 atom stereocenters. The van der Waals surface area contributed by atoms with Crippen LogP contribution in [-0.4, -0.2) is 84.1 Å². The standard InChI is InChI=1S/C33H37ClFN5O3/c1-19(14-39-9-10-42-18-20(39)2)17-43-33-37-31-27(32(38-33)40-15-22-7-8-23(16-40)36-22)13-28(34)29(30(31)35)26-12-24(41)11-21-5-3-4-6-25(21)26/h3-6,11-13,19-20,22-23,36,41H,7-10,14-18H2,1-2H3/t19-,20-,22?,23?/m1/s1. The normalized spacial score (nSPS) is 23.3. The molecule has 3 saturated heterocycles. The maximum absolute atomic E-state index is 16.8. The van der Waals surface area contributed by atoms with Crippen molar-refractivity contribution in [1.29, 1.82) is 0 Å². The second-order valence-corrected chi connectivity index (χ2v) is 12.8. The van der Waals surface area contributed by atoms with Gasteiger partial charge in [-0.15, -0.1) is 0 Å². The summed E-state index contributed by atoms with van der Waals surface area (Å²) in [5.41, 5.74) is 0.871. The summed E-state index contributed by atoms with van der Waals surface area (Å²) in [6.45, 7) is 9.49. The molecule has 2 N–H and O–H groups in total. The Bertz CT molecular complexity index is 1660. The molecule has 4 aromatic rings. The maximum Gasteiger partial charge on any atom is 0.319 e. The van der Waals surface area contributed by atoms with E-state index >= 15 is 4.39 Å². The minimum Gasteiger partial charge on any atom is -0.508 e. The molecular formula is C33H37ClFN5O3. The Morgan fingerprint density at radius 1 is 1.14 bits per heavy atom. The Morgan fingerprint density at radius 2 is 1.93 bits per heavy atom. The summed E-state index contributed by atoms with van der Waals surface area (Å²) in [4.78, 5) is 14.1. The van der Waals surface area contributed by atoms with Gasteiger partial charge in [0, 0.05) is 61.2 Å². The number of phenols is 1. The van der Waals surface area contributed by atoms with E-state index in [0.717, 1.165) is 63.0 Å². The molecule has 2 unspecified atom stereocenters. The van der Waals surface area contributed by atoms with Gasteiger partial charge in [-0.2, -0.15) is 9.97 Å². The van der Waals surface area contributed by atoms with Crippen molar-refractivity contribution in [3.05, 3.63) is 53.3 Å². The lowest BCUT2D eigenvalue weighted by molar-refractivity contribution is -0.00910. The number of ether oxygens (including phenoxy) is 2. The number of morpholine rings is 1. The summed E-state index contributed by atoms with van der Waals surface area (Å²) in [7, 11) is 0. The fourth-order valence-corrected chi connectivity index (χ4v) is 7.18. The molecule has 0 saturated carbocycles. The van der Waals surface area contributed by atoms with E-state index in [9.17, 15) is 5.11 Å². The quantitative estimate of drug-likeness (QED) is 0.281. The molecule has 3 aromatic carbocycles. The number of hydrogen-bond donors (Lipinski definition) is 2. The van der Waals surface area contributed by atoms with Crippen LogP contribution in [-0.2, 0) is 4.74 Å². The summed E-state index contributed by atoms with van der Waals surface area (Å²) >= 11 is 6.87. The van der Waals surface area contributed by atoms with E-state index in [1.807, 2.05) is 24.3 Å². The van der Waals surface area contributed by atoms with Crippen LogP contribution in [0.4, 0.5) is 10.2 Å². The molecule has 1 aromatic heterocycles. The zero-order valence-corrected chi connectivity index (χ0v) is 25.3. The number of halogens is 2. The van der Waals surface area contributed by atoms with Gasteiger partial charge in [0.2, 0.25) is 0 Å². The summed E-state index contributed by atoms with van der Waals surface area (Å²) < 4.78 is 28.6.